The third-order valence-electron chi connectivity index (χ3n) is 5.48. The van der Waals surface area contributed by atoms with Gasteiger partial charge in [0.05, 0.1) is 18.4 Å². The molecule has 27 heavy (non-hydrogen) atoms. The molecule has 140 valence electrons. The van der Waals surface area contributed by atoms with Crippen molar-refractivity contribution in [3.05, 3.63) is 47.0 Å². The number of nitrogens with zero attached hydrogens (tertiary/aromatic N) is 3. The average molecular weight is 367 g/mol. The van der Waals surface area contributed by atoms with Crippen LogP contribution in [0.3, 0.4) is 0 Å². The van der Waals surface area contributed by atoms with Gasteiger partial charge in [-0.25, -0.2) is 0 Å². The molecule has 2 amide bonds. The fourth-order valence-electron chi connectivity index (χ4n) is 4.11. The van der Waals surface area contributed by atoms with E-state index in [0.717, 1.165) is 10.6 Å². The SMILES string of the molecule is Cc1cc(-n2c(C)cc(C(=O)CN3C(=O)[C@H]4CC=CC[C@H]4C3=O)c2C)no1. The lowest BCUT2D eigenvalue weighted by atomic mass is 9.85. The molecular formula is C20H21N3O4. The first-order valence-electron chi connectivity index (χ1n) is 9.04. The molecule has 0 unspecified atom stereocenters. The predicted molar refractivity (Wildman–Crippen MR) is 96.4 cm³/mol. The first-order valence-corrected chi connectivity index (χ1v) is 9.04. The van der Waals surface area contributed by atoms with Crippen molar-refractivity contribution >= 4 is 17.6 Å². The Morgan fingerprint density at radius 2 is 1.74 bits per heavy atom. The first-order chi connectivity index (χ1) is 12.9. The third-order valence-corrected chi connectivity index (χ3v) is 5.48. The minimum absolute atomic E-state index is 0.215. The third kappa shape index (κ3) is 2.74. The smallest absolute Gasteiger partial charge is 0.233 e. The number of carbonyl (C=O) groups excluding carboxylic acids is 3. The maximum atomic E-state index is 12.9. The van der Waals surface area contributed by atoms with E-state index >= 15 is 0 Å². The molecular weight excluding hydrogens is 346 g/mol. The van der Waals surface area contributed by atoms with E-state index in [-0.39, 0.29) is 36.0 Å². The molecule has 3 heterocycles. The topological polar surface area (TPSA) is 85.4 Å². The molecule has 7 heteroatoms. The highest BCUT2D eigenvalue weighted by Crippen LogP contribution is 2.35. The minimum Gasteiger partial charge on any atom is -0.360 e. The zero-order valence-electron chi connectivity index (χ0n) is 15.6. The van der Waals surface area contributed by atoms with Crippen LogP contribution >= 0.6 is 0 Å². The second-order valence-electron chi connectivity index (χ2n) is 7.26. The van der Waals surface area contributed by atoms with Crippen LogP contribution in [0.1, 0.15) is 40.3 Å². The molecule has 1 aliphatic carbocycles. The Balaban J connectivity index is 1.59. The number of imide groups is 1. The van der Waals surface area contributed by atoms with Gasteiger partial charge >= 0.3 is 0 Å². The summed E-state index contributed by atoms with van der Waals surface area (Å²) in [6.07, 6.45) is 5.01. The zero-order chi connectivity index (χ0) is 19.3. The molecule has 2 atom stereocenters. The van der Waals surface area contributed by atoms with Crippen LogP contribution in [0.2, 0.25) is 0 Å². The van der Waals surface area contributed by atoms with E-state index in [0.29, 0.717) is 35.7 Å². The van der Waals surface area contributed by atoms with Crippen molar-refractivity contribution in [2.24, 2.45) is 11.8 Å². The van der Waals surface area contributed by atoms with Crippen LogP contribution in [0, 0.1) is 32.6 Å². The summed E-state index contributed by atoms with van der Waals surface area (Å²) in [5.74, 6) is -0.0707. The highest BCUT2D eigenvalue weighted by molar-refractivity contribution is 6.10. The highest BCUT2D eigenvalue weighted by atomic mass is 16.5. The van der Waals surface area contributed by atoms with Gasteiger partial charge < -0.3 is 4.52 Å². The Morgan fingerprint density at radius 1 is 1.11 bits per heavy atom. The number of fused-ring (bicyclic) bond motifs is 1. The lowest BCUT2D eigenvalue weighted by molar-refractivity contribution is -0.139. The average Bonchev–Trinajstić information content (AvgIpc) is 3.26. The molecule has 0 spiro atoms. The van der Waals surface area contributed by atoms with Gasteiger partial charge in [-0.15, -0.1) is 0 Å². The van der Waals surface area contributed by atoms with Crippen LogP contribution in [0.15, 0.2) is 28.8 Å². The summed E-state index contributed by atoms with van der Waals surface area (Å²) in [4.78, 5) is 39.2. The molecule has 0 aromatic carbocycles. The number of aromatic nitrogens is 2. The molecule has 4 rings (SSSR count). The molecule has 2 aliphatic rings. The molecule has 0 bridgehead atoms. The van der Waals surface area contributed by atoms with Gasteiger partial charge in [0.15, 0.2) is 11.6 Å². The Labute approximate surface area is 156 Å². The van der Waals surface area contributed by atoms with Crippen LogP contribution in [0.5, 0.6) is 0 Å². The number of hydrogen-bond donors (Lipinski definition) is 0. The fraction of sp³-hybridized carbons (Fsp3) is 0.400. The van der Waals surface area contributed by atoms with Crippen LogP contribution in [-0.4, -0.2) is 38.8 Å². The first kappa shape index (κ1) is 17.5. The van der Waals surface area contributed by atoms with E-state index in [9.17, 15) is 14.4 Å². The summed E-state index contributed by atoms with van der Waals surface area (Å²) >= 11 is 0. The van der Waals surface area contributed by atoms with Gasteiger partial charge in [0, 0.05) is 23.0 Å². The summed E-state index contributed by atoms with van der Waals surface area (Å²) in [7, 11) is 0. The van der Waals surface area contributed by atoms with E-state index in [1.54, 1.807) is 19.1 Å². The Morgan fingerprint density at radius 3 is 2.30 bits per heavy atom. The van der Waals surface area contributed by atoms with Crippen molar-refractivity contribution in [2.45, 2.75) is 33.6 Å². The maximum absolute atomic E-state index is 12.9. The van der Waals surface area contributed by atoms with Gasteiger partial charge in [-0.1, -0.05) is 17.3 Å². The van der Waals surface area contributed by atoms with Gasteiger partial charge in [-0.05, 0) is 39.7 Å². The van der Waals surface area contributed by atoms with E-state index in [1.165, 1.54) is 0 Å². The van der Waals surface area contributed by atoms with Gasteiger partial charge in [0.1, 0.15) is 5.76 Å². The summed E-state index contributed by atoms with van der Waals surface area (Å²) in [6, 6.07) is 3.56. The van der Waals surface area contributed by atoms with Crippen molar-refractivity contribution in [1.82, 2.24) is 14.6 Å². The Kier molecular flexibility index (Phi) is 4.09. The van der Waals surface area contributed by atoms with E-state index in [1.807, 2.05) is 30.6 Å². The van der Waals surface area contributed by atoms with Crippen LogP contribution in [0.4, 0.5) is 0 Å². The van der Waals surface area contributed by atoms with Gasteiger partial charge in [0.2, 0.25) is 11.8 Å². The zero-order valence-corrected chi connectivity index (χ0v) is 15.6. The Hall–Kier alpha value is -2.96. The minimum atomic E-state index is -0.319. The number of Topliss-reactive ketones (excluding diaryl/α,β-unsaturated/α-hetero) is 1. The van der Waals surface area contributed by atoms with Gasteiger partial charge in [-0.2, -0.15) is 0 Å². The quantitative estimate of drug-likeness (QED) is 0.471. The van der Waals surface area contributed by atoms with E-state index in [4.69, 9.17) is 4.52 Å². The van der Waals surface area contributed by atoms with E-state index < -0.39 is 0 Å². The standard InChI is InChI=1S/C20H21N3O4/c1-11-8-16(13(3)23(11)18-9-12(2)27-21-18)17(24)10-22-19(25)14-6-4-5-7-15(14)20(22)26/h4-5,8-9,14-15H,6-7,10H2,1-3H3/t14-,15+. The summed E-state index contributed by atoms with van der Waals surface area (Å²) in [5.41, 5.74) is 2.03. The molecule has 1 saturated heterocycles. The molecule has 0 N–H and O–H groups in total. The highest BCUT2D eigenvalue weighted by Gasteiger charge is 2.47. The van der Waals surface area contributed by atoms with Crippen LogP contribution in [0.25, 0.3) is 5.82 Å². The summed E-state index contributed by atoms with van der Waals surface area (Å²) in [6.45, 7) is 5.28. The predicted octanol–water partition coefficient (Wildman–Crippen LogP) is 2.52. The number of rotatable bonds is 4. The van der Waals surface area contributed by atoms with Gasteiger partial charge in [-0.3, -0.25) is 23.9 Å². The molecule has 2 aromatic heterocycles. The molecule has 0 radical (unpaired) electrons. The summed E-state index contributed by atoms with van der Waals surface area (Å²) in [5, 5.41) is 4.01. The lowest BCUT2D eigenvalue weighted by Crippen LogP contribution is -2.36. The van der Waals surface area contributed by atoms with E-state index in [2.05, 4.69) is 5.16 Å². The number of hydrogen-bond acceptors (Lipinski definition) is 5. The number of ketones is 1. The molecule has 0 saturated carbocycles. The fourth-order valence-corrected chi connectivity index (χ4v) is 4.11. The number of aryl methyl sites for hydroxylation is 2. The summed E-state index contributed by atoms with van der Waals surface area (Å²) < 4.78 is 6.96. The Bertz CT molecular complexity index is 956. The van der Waals surface area contributed by atoms with Crippen molar-refractivity contribution in [1.29, 1.82) is 0 Å². The van der Waals surface area contributed by atoms with Crippen molar-refractivity contribution in [3.63, 3.8) is 0 Å². The molecule has 2 aromatic rings. The number of carbonyl (C=O) groups is 3. The van der Waals surface area contributed by atoms with Crippen molar-refractivity contribution in [3.8, 4) is 5.82 Å². The van der Waals surface area contributed by atoms with Crippen molar-refractivity contribution in [2.75, 3.05) is 6.54 Å². The number of amides is 2. The lowest BCUT2D eigenvalue weighted by Gasteiger charge is -2.14. The van der Waals surface area contributed by atoms with Crippen LogP contribution in [-0.2, 0) is 9.59 Å². The van der Waals surface area contributed by atoms with Gasteiger partial charge in [0.25, 0.3) is 0 Å². The second-order valence-corrected chi connectivity index (χ2v) is 7.26. The number of allylic oxidation sites excluding steroid dienone is 2. The number of likely N-dealkylation sites (tertiary alicyclic amines) is 1. The normalized spacial score (nSPS) is 21.8. The molecule has 7 nitrogen and oxygen atoms in total. The molecule has 1 aliphatic heterocycles. The van der Waals surface area contributed by atoms with Crippen LogP contribution < -0.4 is 0 Å². The monoisotopic (exact) mass is 367 g/mol. The second kappa shape index (κ2) is 6.33. The molecule has 1 fully saturated rings. The van der Waals surface area contributed by atoms with Crippen molar-refractivity contribution < 1.29 is 18.9 Å². The largest absolute Gasteiger partial charge is 0.360 e. The maximum Gasteiger partial charge on any atom is 0.233 e.